The lowest BCUT2D eigenvalue weighted by Gasteiger charge is -2.23. The molecule has 0 bridgehead atoms. The summed E-state index contributed by atoms with van der Waals surface area (Å²) in [6.45, 7) is 7.59. The zero-order valence-corrected chi connectivity index (χ0v) is 21.4. The van der Waals surface area contributed by atoms with Crippen molar-refractivity contribution in [3.63, 3.8) is 0 Å². The number of rotatable bonds is 7. The molecule has 0 aliphatic rings. The number of aromatic carboxylic acids is 1. The number of hydrogen-bond donors (Lipinski definition) is 2. The molecule has 11 heteroatoms. The fourth-order valence-corrected chi connectivity index (χ4v) is 5.49. The molecule has 0 spiro atoms. The Balaban J connectivity index is 1.96. The SMILES string of the molecule is COc1ccc(S(=O)(=O)C(Nc2c(C(=O)O)cnc3c2c(C)nn3C(C)(C)C)c2cccnc2)cc1. The van der Waals surface area contributed by atoms with Crippen molar-refractivity contribution in [3.8, 4) is 5.75 Å². The van der Waals surface area contributed by atoms with Crippen LogP contribution < -0.4 is 10.1 Å². The standard InChI is InChI=1S/C25H27N5O5S/c1-15-20-21(19(24(31)32)14-27-22(20)30(29-15)25(2,3)4)28-23(16-7-6-12-26-13-16)36(33,34)18-10-8-17(35-5)9-11-18/h6-14,23H,1-5H3,(H,27,28)(H,31,32). The molecule has 1 atom stereocenters. The van der Waals surface area contributed by atoms with Crippen molar-refractivity contribution in [2.24, 2.45) is 0 Å². The molecule has 1 aromatic carbocycles. The molecule has 0 aliphatic carbocycles. The van der Waals surface area contributed by atoms with Crippen LogP contribution in [0.4, 0.5) is 5.69 Å². The van der Waals surface area contributed by atoms with Gasteiger partial charge in [-0.15, -0.1) is 0 Å². The van der Waals surface area contributed by atoms with Gasteiger partial charge in [-0.3, -0.25) is 4.98 Å². The van der Waals surface area contributed by atoms with Gasteiger partial charge in [0.25, 0.3) is 0 Å². The summed E-state index contributed by atoms with van der Waals surface area (Å²) in [5.74, 6) is -0.740. The minimum absolute atomic E-state index is 0.0361. The molecule has 188 valence electrons. The van der Waals surface area contributed by atoms with Gasteiger partial charge in [-0.25, -0.2) is 22.9 Å². The average Bonchev–Trinajstić information content (AvgIpc) is 3.20. The lowest BCUT2D eigenvalue weighted by atomic mass is 10.1. The van der Waals surface area contributed by atoms with Gasteiger partial charge in [-0.1, -0.05) is 6.07 Å². The van der Waals surface area contributed by atoms with Gasteiger partial charge in [-0.05, 0) is 58.0 Å². The highest BCUT2D eigenvalue weighted by atomic mass is 32.2. The molecule has 0 saturated carbocycles. The Morgan fingerprint density at radius 2 is 1.83 bits per heavy atom. The molecule has 1 unspecified atom stereocenters. The van der Waals surface area contributed by atoms with Crippen LogP contribution in [0, 0.1) is 6.92 Å². The second kappa shape index (κ2) is 9.23. The van der Waals surface area contributed by atoms with Gasteiger partial charge < -0.3 is 15.2 Å². The first-order valence-electron chi connectivity index (χ1n) is 11.1. The summed E-state index contributed by atoms with van der Waals surface area (Å²) in [6.07, 6.45) is 4.19. The number of aryl methyl sites for hydroxylation is 1. The molecule has 4 aromatic rings. The smallest absolute Gasteiger partial charge is 0.339 e. The van der Waals surface area contributed by atoms with Crippen molar-refractivity contribution in [3.05, 3.63) is 71.8 Å². The van der Waals surface area contributed by atoms with Crippen LogP contribution in [-0.2, 0) is 15.4 Å². The number of pyridine rings is 2. The van der Waals surface area contributed by atoms with Crippen molar-refractivity contribution in [1.29, 1.82) is 0 Å². The number of aromatic nitrogens is 4. The Bertz CT molecular complexity index is 1530. The Labute approximate surface area is 208 Å². The van der Waals surface area contributed by atoms with Gasteiger partial charge in [0.1, 0.15) is 11.3 Å². The van der Waals surface area contributed by atoms with Crippen LogP contribution in [0.25, 0.3) is 11.0 Å². The number of carboxylic acids is 1. The van der Waals surface area contributed by atoms with Gasteiger partial charge in [0.15, 0.2) is 11.0 Å². The maximum absolute atomic E-state index is 13.9. The highest BCUT2D eigenvalue weighted by Crippen LogP contribution is 2.37. The van der Waals surface area contributed by atoms with Crippen LogP contribution in [0.5, 0.6) is 5.75 Å². The molecule has 3 aromatic heterocycles. The molecule has 3 heterocycles. The number of ether oxygens (including phenoxy) is 1. The number of carboxylic acid groups (broad SMARTS) is 1. The molecule has 0 radical (unpaired) electrons. The number of fused-ring (bicyclic) bond motifs is 1. The molecular formula is C25H27N5O5S. The molecule has 0 fully saturated rings. The highest BCUT2D eigenvalue weighted by Gasteiger charge is 2.33. The zero-order chi connectivity index (χ0) is 26.3. The highest BCUT2D eigenvalue weighted by molar-refractivity contribution is 7.91. The molecule has 10 nitrogen and oxygen atoms in total. The van der Waals surface area contributed by atoms with Crippen molar-refractivity contribution < 1.29 is 23.1 Å². The van der Waals surface area contributed by atoms with E-state index in [1.807, 2.05) is 20.8 Å². The summed E-state index contributed by atoms with van der Waals surface area (Å²) >= 11 is 0. The van der Waals surface area contributed by atoms with Gasteiger partial charge in [0, 0.05) is 24.2 Å². The maximum atomic E-state index is 13.9. The number of hydrogen-bond acceptors (Lipinski definition) is 8. The summed E-state index contributed by atoms with van der Waals surface area (Å²) in [7, 11) is -2.58. The first kappa shape index (κ1) is 25.1. The van der Waals surface area contributed by atoms with E-state index in [1.165, 1.54) is 37.8 Å². The molecule has 2 N–H and O–H groups in total. The summed E-state index contributed by atoms with van der Waals surface area (Å²) in [5.41, 5.74) is 0.809. The average molecular weight is 510 g/mol. The quantitative estimate of drug-likeness (QED) is 0.376. The molecule has 4 rings (SSSR count). The van der Waals surface area contributed by atoms with Crippen LogP contribution in [0.15, 0.2) is 59.9 Å². The predicted octanol–water partition coefficient (Wildman–Crippen LogP) is 4.18. The number of carbonyl (C=O) groups is 1. The fraction of sp³-hybridized carbons (Fsp3) is 0.280. The van der Waals surface area contributed by atoms with Crippen LogP contribution in [0.3, 0.4) is 0 Å². The van der Waals surface area contributed by atoms with E-state index in [0.717, 1.165) is 0 Å². The first-order valence-corrected chi connectivity index (χ1v) is 12.7. The van der Waals surface area contributed by atoms with Crippen molar-refractivity contribution in [2.75, 3.05) is 12.4 Å². The van der Waals surface area contributed by atoms with Crippen LogP contribution >= 0.6 is 0 Å². The van der Waals surface area contributed by atoms with Gasteiger partial charge in [0.05, 0.1) is 34.3 Å². The molecular weight excluding hydrogens is 482 g/mol. The lowest BCUT2D eigenvalue weighted by molar-refractivity contribution is 0.0697. The third-order valence-electron chi connectivity index (χ3n) is 5.70. The third-order valence-corrected chi connectivity index (χ3v) is 7.64. The second-order valence-corrected chi connectivity index (χ2v) is 11.3. The van der Waals surface area contributed by atoms with E-state index < -0.39 is 26.7 Å². The van der Waals surface area contributed by atoms with E-state index in [2.05, 4.69) is 20.4 Å². The van der Waals surface area contributed by atoms with E-state index in [9.17, 15) is 18.3 Å². The van der Waals surface area contributed by atoms with E-state index in [0.29, 0.717) is 28.0 Å². The predicted molar refractivity (Wildman–Crippen MR) is 135 cm³/mol. The number of sulfone groups is 1. The van der Waals surface area contributed by atoms with Crippen molar-refractivity contribution >= 4 is 32.5 Å². The largest absolute Gasteiger partial charge is 0.497 e. The van der Waals surface area contributed by atoms with E-state index >= 15 is 0 Å². The summed E-state index contributed by atoms with van der Waals surface area (Å²) in [4.78, 5) is 20.7. The Morgan fingerprint density at radius 1 is 1.14 bits per heavy atom. The van der Waals surface area contributed by atoms with Gasteiger partial charge in [-0.2, -0.15) is 5.10 Å². The number of nitrogens with zero attached hydrogens (tertiary/aromatic N) is 4. The Morgan fingerprint density at radius 3 is 2.39 bits per heavy atom. The van der Waals surface area contributed by atoms with Gasteiger partial charge >= 0.3 is 5.97 Å². The maximum Gasteiger partial charge on any atom is 0.339 e. The molecule has 0 saturated heterocycles. The number of nitrogens with one attached hydrogen (secondary N) is 1. The van der Waals surface area contributed by atoms with Gasteiger partial charge in [0.2, 0.25) is 9.84 Å². The van der Waals surface area contributed by atoms with E-state index in [-0.39, 0.29) is 16.1 Å². The molecule has 36 heavy (non-hydrogen) atoms. The Kier molecular flexibility index (Phi) is 6.44. The monoisotopic (exact) mass is 509 g/mol. The fourth-order valence-electron chi connectivity index (χ4n) is 3.94. The summed E-state index contributed by atoms with van der Waals surface area (Å²) < 4.78 is 34.6. The number of benzene rings is 1. The van der Waals surface area contributed by atoms with E-state index in [1.54, 1.807) is 35.9 Å². The normalized spacial score (nSPS) is 12.9. The first-order chi connectivity index (χ1) is 16.9. The number of anilines is 1. The van der Waals surface area contributed by atoms with Crippen LogP contribution in [0.1, 0.15) is 47.8 Å². The minimum Gasteiger partial charge on any atom is -0.497 e. The van der Waals surface area contributed by atoms with E-state index in [4.69, 9.17) is 4.74 Å². The Hall–Kier alpha value is -3.99. The van der Waals surface area contributed by atoms with Crippen molar-refractivity contribution in [1.82, 2.24) is 19.7 Å². The topological polar surface area (TPSA) is 136 Å². The molecule has 0 aliphatic heterocycles. The summed E-state index contributed by atoms with van der Waals surface area (Å²) in [6, 6.07) is 9.24. The van der Waals surface area contributed by atoms with Crippen LogP contribution in [-0.4, -0.2) is 46.4 Å². The second-order valence-electron chi connectivity index (χ2n) is 9.25. The zero-order valence-electron chi connectivity index (χ0n) is 20.6. The minimum atomic E-state index is -4.07. The number of methoxy groups -OCH3 is 1. The summed E-state index contributed by atoms with van der Waals surface area (Å²) in [5, 5.41) is 16.7. The lowest BCUT2D eigenvalue weighted by Crippen LogP contribution is -2.24. The molecule has 0 amide bonds. The van der Waals surface area contributed by atoms with Crippen molar-refractivity contribution in [2.45, 2.75) is 43.5 Å². The third kappa shape index (κ3) is 4.49. The van der Waals surface area contributed by atoms with Crippen LogP contribution in [0.2, 0.25) is 0 Å².